The Morgan fingerprint density at radius 3 is 2.62 bits per heavy atom. The van der Waals surface area contributed by atoms with Gasteiger partial charge in [-0.25, -0.2) is 9.50 Å². The van der Waals surface area contributed by atoms with E-state index in [1.807, 2.05) is 20.1 Å². The van der Waals surface area contributed by atoms with Crippen LogP contribution in [-0.4, -0.2) is 44.8 Å². The number of rotatable bonds is 6. The highest BCUT2D eigenvalue weighted by Crippen LogP contribution is 2.28. The number of carbonyl (C=O) groups is 2. The first kappa shape index (κ1) is 20.6. The van der Waals surface area contributed by atoms with E-state index in [1.54, 1.807) is 22.7 Å². The number of thioether (sulfide) groups is 1. The Morgan fingerprint density at radius 2 is 1.97 bits per heavy atom. The lowest BCUT2D eigenvalue weighted by molar-refractivity contribution is -0.116. The van der Waals surface area contributed by atoms with E-state index < -0.39 is 0 Å². The van der Waals surface area contributed by atoms with Crippen LogP contribution < -0.4 is 15.4 Å². The molecule has 3 aromatic rings. The van der Waals surface area contributed by atoms with Crippen LogP contribution in [0.5, 0.6) is 5.75 Å². The van der Waals surface area contributed by atoms with Gasteiger partial charge in [0.15, 0.2) is 0 Å². The molecule has 2 amide bonds. The summed E-state index contributed by atoms with van der Waals surface area (Å²) in [4.78, 5) is 32.9. The first-order valence-electron chi connectivity index (χ1n) is 8.84. The molecule has 0 unspecified atom stereocenters. The number of hydrogen-bond donors (Lipinski definition) is 2. The summed E-state index contributed by atoms with van der Waals surface area (Å²) in [6.07, 6.45) is 2.03. The van der Waals surface area contributed by atoms with E-state index in [0.717, 1.165) is 17.0 Å². The van der Waals surface area contributed by atoms with Gasteiger partial charge in [-0.3, -0.25) is 9.59 Å². The maximum atomic E-state index is 12.7. The zero-order valence-electron chi connectivity index (χ0n) is 16.9. The van der Waals surface area contributed by atoms with Crippen LogP contribution in [-0.2, 0) is 16.0 Å². The lowest BCUT2D eigenvalue weighted by Crippen LogP contribution is -2.18. The molecule has 3 rings (SSSR count). The van der Waals surface area contributed by atoms with Gasteiger partial charge in [-0.15, -0.1) is 5.10 Å². The van der Waals surface area contributed by atoms with Crippen LogP contribution in [0.25, 0.3) is 5.78 Å². The molecule has 0 aliphatic carbocycles. The van der Waals surface area contributed by atoms with Crippen molar-refractivity contribution in [2.24, 2.45) is 0 Å². The molecule has 0 fully saturated rings. The van der Waals surface area contributed by atoms with E-state index in [9.17, 15) is 9.59 Å². The molecule has 29 heavy (non-hydrogen) atoms. The summed E-state index contributed by atoms with van der Waals surface area (Å²) < 4.78 is 6.89. The van der Waals surface area contributed by atoms with E-state index in [4.69, 9.17) is 4.74 Å². The third-order valence-electron chi connectivity index (χ3n) is 4.34. The monoisotopic (exact) mass is 414 g/mol. The Balaban J connectivity index is 1.83. The number of hydrogen-bond acceptors (Lipinski definition) is 7. The Hall–Kier alpha value is -3.14. The third-order valence-corrected chi connectivity index (χ3v) is 4.88. The molecule has 2 heterocycles. The fourth-order valence-corrected chi connectivity index (χ4v) is 3.31. The van der Waals surface area contributed by atoms with Gasteiger partial charge in [-0.05, 0) is 38.3 Å². The SMILES string of the molecule is COc1ccc(NC(=O)Cc2c(C)nc3nc(SC)nn3c2C)cc1NC(C)=O. The van der Waals surface area contributed by atoms with Crippen molar-refractivity contribution in [3.63, 3.8) is 0 Å². The minimum atomic E-state index is -0.227. The molecule has 152 valence electrons. The molecule has 0 bridgehead atoms. The highest BCUT2D eigenvalue weighted by molar-refractivity contribution is 7.98. The number of methoxy groups -OCH3 is 1. The Morgan fingerprint density at radius 1 is 1.21 bits per heavy atom. The summed E-state index contributed by atoms with van der Waals surface area (Å²) in [6, 6.07) is 5.05. The van der Waals surface area contributed by atoms with Crippen LogP contribution in [0.3, 0.4) is 0 Å². The maximum Gasteiger partial charge on any atom is 0.253 e. The van der Waals surface area contributed by atoms with Crippen molar-refractivity contribution in [3.05, 3.63) is 35.2 Å². The quantitative estimate of drug-likeness (QED) is 0.597. The van der Waals surface area contributed by atoms with E-state index in [2.05, 4.69) is 25.7 Å². The van der Waals surface area contributed by atoms with Crippen LogP contribution in [0.1, 0.15) is 23.9 Å². The van der Waals surface area contributed by atoms with Gasteiger partial charge in [-0.2, -0.15) is 4.98 Å². The first-order chi connectivity index (χ1) is 13.8. The first-order valence-corrected chi connectivity index (χ1v) is 10.1. The summed E-state index contributed by atoms with van der Waals surface area (Å²) in [5.41, 5.74) is 3.39. The standard InChI is InChI=1S/C19H22N6O3S/c1-10-14(11(2)25-18(20-10)23-19(24-25)29-5)9-17(27)22-13-6-7-16(28-4)15(8-13)21-12(3)26/h6-8H,9H2,1-5H3,(H,21,26)(H,22,27). The molecule has 0 saturated carbocycles. The number of carbonyl (C=O) groups excluding carboxylic acids is 2. The lowest BCUT2D eigenvalue weighted by Gasteiger charge is -2.13. The number of aryl methyl sites for hydroxylation is 2. The average Bonchev–Trinajstić information content (AvgIpc) is 3.08. The highest BCUT2D eigenvalue weighted by Gasteiger charge is 2.16. The van der Waals surface area contributed by atoms with Crippen molar-refractivity contribution >= 4 is 40.7 Å². The minimum Gasteiger partial charge on any atom is -0.495 e. The molecule has 0 radical (unpaired) electrons. The largest absolute Gasteiger partial charge is 0.495 e. The topological polar surface area (TPSA) is 111 Å². The fraction of sp³-hybridized carbons (Fsp3) is 0.316. The van der Waals surface area contributed by atoms with Gasteiger partial charge in [0.1, 0.15) is 5.75 Å². The van der Waals surface area contributed by atoms with Crippen molar-refractivity contribution in [1.29, 1.82) is 0 Å². The van der Waals surface area contributed by atoms with Gasteiger partial charge in [0.05, 0.1) is 19.2 Å². The number of nitrogens with one attached hydrogen (secondary N) is 2. The number of nitrogens with zero attached hydrogens (tertiary/aromatic N) is 4. The van der Waals surface area contributed by atoms with Crippen LogP contribution in [0.4, 0.5) is 11.4 Å². The number of anilines is 2. The summed E-state index contributed by atoms with van der Waals surface area (Å²) in [7, 11) is 1.51. The maximum absolute atomic E-state index is 12.7. The summed E-state index contributed by atoms with van der Waals surface area (Å²) in [6.45, 7) is 5.16. The van der Waals surface area contributed by atoms with E-state index >= 15 is 0 Å². The second-order valence-electron chi connectivity index (χ2n) is 6.39. The predicted octanol–water partition coefficient (Wildman–Crippen LogP) is 2.61. The zero-order chi connectivity index (χ0) is 21.1. The van der Waals surface area contributed by atoms with Gasteiger partial charge in [-0.1, -0.05) is 11.8 Å². The molecular weight excluding hydrogens is 392 g/mol. The number of benzene rings is 1. The fourth-order valence-electron chi connectivity index (χ4n) is 2.97. The van der Waals surface area contributed by atoms with Crippen LogP contribution in [0, 0.1) is 13.8 Å². The number of amides is 2. The Kier molecular flexibility index (Phi) is 6.02. The number of ether oxygens (including phenoxy) is 1. The van der Waals surface area contributed by atoms with Crippen LogP contribution in [0.2, 0.25) is 0 Å². The van der Waals surface area contributed by atoms with Crippen molar-refractivity contribution in [2.75, 3.05) is 24.0 Å². The normalized spacial score (nSPS) is 10.8. The average molecular weight is 414 g/mol. The van der Waals surface area contributed by atoms with Crippen LogP contribution >= 0.6 is 11.8 Å². The van der Waals surface area contributed by atoms with Gasteiger partial charge >= 0.3 is 0 Å². The lowest BCUT2D eigenvalue weighted by atomic mass is 10.1. The van der Waals surface area contributed by atoms with Crippen LogP contribution in [0.15, 0.2) is 23.4 Å². The van der Waals surface area contributed by atoms with Crippen molar-refractivity contribution in [2.45, 2.75) is 32.3 Å². The summed E-state index contributed by atoms with van der Waals surface area (Å²) in [5.74, 6) is 0.593. The third kappa shape index (κ3) is 4.48. The predicted molar refractivity (Wildman–Crippen MR) is 112 cm³/mol. The summed E-state index contributed by atoms with van der Waals surface area (Å²) >= 11 is 1.44. The highest BCUT2D eigenvalue weighted by atomic mass is 32.2. The Labute approximate surface area is 172 Å². The van der Waals surface area contributed by atoms with E-state index in [-0.39, 0.29) is 18.2 Å². The molecule has 0 aliphatic heterocycles. The molecule has 0 atom stereocenters. The zero-order valence-corrected chi connectivity index (χ0v) is 17.7. The van der Waals surface area contributed by atoms with Crippen molar-refractivity contribution in [3.8, 4) is 5.75 Å². The molecule has 0 spiro atoms. The number of aromatic nitrogens is 4. The molecule has 1 aromatic carbocycles. The smallest absolute Gasteiger partial charge is 0.253 e. The number of fused-ring (bicyclic) bond motifs is 1. The molecule has 0 saturated heterocycles. The van der Waals surface area contributed by atoms with Crippen molar-refractivity contribution in [1.82, 2.24) is 19.6 Å². The van der Waals surface area contributed by atoms with Gasteiger partial charge in [0.2, 0.25) is 17.0 Å². The molecule has 0 aliphatic rings. The molecule has 2 N–H and O–H groups in total. The molecule has 9 nitrogen and oxygen atoms in total. The minimum absolute atomic E-state index is 0.135. The molecule has 10 heteroatoms. The molecular formula is C19H22N6O3S. The summed E-state index contributed by atoms with van der Waals surface area (Å²) in [5, 5.41) is 10.6. The van der Waals surface area contributed by atoms with Gasteiger partial charge < -0.3 is 15.4 Å². The van der Waals surface area contributed by atoms with E-state index in [0.29, 0.717) is 28.1 Å². The van der Waals surface area contributed by atoms with E-state index in [1.165, 1.54) is 25.8 Å². The van der Waals surface area contributed by atoms with Crippen molar-refractivity contribution < 1.29 is 14.3 Å². The van der Waals surface area contributed by atoms with Gasteiger partial charge in [0.25, 0.3) is 5.78 Å². The van der Waals surface area contributed by atoms with Gasteiger partial charge in [0, 0.05) is 29.6 Å². The second kappa shape index (κ2) is 8.48. The molecule has 2 aromatic heterocycles. The Bertz CT molecular complexity index is 1100. The second-order valence-corrected chi connectivity index (χ2v) is 7.17.